The molecule has 1 aromatic carbocycles. The number of benzene rings is 1. The Hall–Kier alpha value is -4.60. The number of nitrogens with zero attached hydrogens (tertiary/aromatic N) is 6. The van der Waals surface area contributed by atoms with E-state index in [1.165, 1.54) is 0 Å². The fourth-order valence-electron chi connectivity index (χ4n) is 4.60. The highest BCUT2D eigenvalue weighted by Gasteiger charge is 2.27. The summed E-state index contributed by atoms with van der Waals surface area (Å²) in [6.45, 7) is 2.90. The molecule has 0 spiro atoms. The number of fused-ring (bicyclic) bond motifs is 2. The number of pyridine rings is 2. The molecule has 37 heavy (non-hydrogen) atoms. The van der Waals surface area contributed by atoms with Gasteiger partial charge >= 0.3 is 0 Å². The zero-order chi connectivity index (χ0) is 25.5. The van der Waals surface area contributed by atoms with E-state index in [0.29, 0.717) is 36.3 Å². The lowest BCUT2D eigenvalue weighted by molar-refractivity contribution is 0.0867. The van der Waals surface area contributed by atoms with Crippen LogP contribution in [0.1, 0.15) is 22.9 Å². The Morgan fingerprint density at radius 2 is 1.95 bits per heavy atom. The highest BCUT2D eigenvalue weighted by atomic mass is 16.6. The van der Waals surface area contributed by atoms with Gasteiger partial charge < -0.3 is 23.5 Å². The second-order valence-electron chi connectivity index (χ2n) is 8.92. The van der Waals surface area contributed by atoms with E-state index in [2.05, 4.69) is 15.1 Å². The zero-order valence-corrected chi connectivity index (χ0v) is 21.0. The first-order valence-corrected chi connectivity index (χ1v) is 11.8. The van der Waals surface area contributed by atoms with E-state index in [4.69, 9.17) is 23.9 Å². The summed E-state index contributed by atoms with van der Waals surface area (Å²) in [7, 11) is 5.12. The first kappa shape index (κ1) is 22.8. The van der Waals surface area contributed by atoms with Crippen LogP contribution >= 0.6 is 0 Å². The van der Waals surface area contributed by atoms with E-state index >= 15 is 0 Å². The van der Waals surface area contributed by atoms with Crippen molar-refractivity contribution in [2.45, 2.75) is 19.6 Å². The first-order chi connectivity index (χ1) is 18.0. The number of ether oxygens (including phenoxy) is 4. The SMILES string of the molecule is COc1ccc(C2COc3cc(Cn4cnc5cc(-c6cn(C)nc6C)cnc54)cc(OC)c3O2)cn1. The summed E-state index contributed by atoms with van der Waals surface area (Å²) in [5.74, 6) is 2.36. The van der Waals surface area contributed by atoms with Crippen LogP contribution in [0, 0.1) is 6.92 Å². The van der Waals surface area contributed by atoms with E-state index in [1.54, 1.807) is 37.5 Å². The highest BCUT2D eigenvalue weighted by Crippen LogP contribution is 2.44. The number of aromatic nitrogens is 6. The fourth-order valence-corrected chi connectivity index (χ4v) is 4.60. The zero-order valence-electron chi connectivity index (χ0n) is 21.0. The van der Waals surface area contributed by atoms with Gasteiger partial charge in [0.2, 0.25) is 11.6 Å². The van der Waals surface area contributed by atoms with Gasteiger partial charge in [-0.1, -0.05) is 0 Å². The van der Waals surface area contributed by atoms with Gasteiger partial charge in [-0.3, -0.25) is 4.68 Å². The molecule has 0 bridgehead atoms. The molecule has 0 N–H and O–H groups in total. The Labute approximate surface area is 213 Å². The molecule has 1 unspecified atom stereocenters. The van der Waals surface area contributed by atoms with Crippen LogP contribution in [0.25, 0.3) is 22.3 Å². The molecule has 1 atom stereocenters. The number of aryl methyl sites for hydroxylation is 2. The minimum absolute atomic E-state index is 0.301. The Morgan fingerprint density at radius 3 is 2.68 bits per heavy atom. The van der Waals surface area contributed by atoms with Gasteiger partial charge in [-0.05, 0) is 36.8 Å². The van der Waals surface area contributed by atoms with Crippen molar-refractivity contribution >= 4 is 11.2 Å². The van der Waals surface area contributed by atoms with E-state index < -0.39 is 0 Å². The molecule has 5 aromatic rings. The van der Waals surface area contributed by atoms with Crippen LogP contribution in [0.4, 0.5) is 0 Å². The summed E-state index contributed by atoms with van der Waals surface area (Å²) in [5, 5.41) is 4.43. The standard InChI is InChI=1S/C27H26N6O4/c1-16-20(13-32(2)31-16)19-9-21-27(29-11-19)33(15-30-21)12-17-7-22(34-3)26-23(8-17)36-14-24(37-26)18-5-6-25(35-4)28-10-18/h5-11,13,15,24H,12,14H2,1-4H3. The molecule has 1 aliphatic rings. The van der Waals surface area contributed by atoms with Crippen molar-refractivity contribution in [3.63, 3.8) is 0 Å². The molecule has 0 fully saturated rings. The van der Waals surface area contributed by atoms with Crippen molar-refractivity contribution in [1.29, 1.82) is 0 Å². The van der Waals surface area contributed by atoms with Gasteiger partial charge in [0.1, 0.15) is 12.1 Å². The van der Waals surface area contributed by atoms with Gasteiger partial charge in [-0.15, -0.1) is 0 Å². The van der Waals surface area contributed by atoms with Crippen molar-refractivity contribution in [2.75, 3.05) is 20.8 Å². The van der Waals surface area contributed by atoms with Crippen LogP contribution in [0.15, 0.2) is 55.2 Å². The average molecular weight is 499 g/mol. The first-order valence-electron chi connectivity index (χ1n) is 11.8. The molecular formula is C27H26N6O4. The predicted molar refractivity (Wildman–Crippen MR) is 136 cm³/mol. The van der Waals surface area contributed by atoms with Gasteiger partial charge in [0.05, 0.1) is 32.8 Å². The molecule has 0 saturated heterocycles. The fraction of sp³-hybridized carbons (Fsp3) is 0.259. The van der Waals surface area contributed by atoms with Gasteiger partial charge in [0.15, 0.2) is 23.3 Å². The molecule has 1 aliphatic heterocycles. The van der Waals surface area contributed by atoms with E-state index in [-0.39, 0.29) is 6.10 Å². The predicted octanol–water partition coefficient (Wildman–Crippen LogP) is 4.11. The Morgan fingerprint density at radius 1 is 1.05 bits per heavy atom. The topological polar surface area (TPSA) is 98.3 Å². The van der Waals surface area contributed by atoms with Crippen LogP contribution in [0.2, 0.25) is 0 Å². The third kappa shape index (κ3) is 4.20. The van der Waals surface area contributed by atoms with E-state index in [1.807, 2.05) is 55.2 Å². The molecule has 188 valence electrons. The van der Waals surface area contributed by atoms with E-state index in [9.17, 15) is 0 Å². The summed E-state index contributed by atoms with van der Waals surface area (Å²) in [6, 6.07) is 9.69. The molecule has 10 heteroatoms. The molecule has 5 heterocycles. The minimum Gasteiger partial charge on any atom is -0.493 e. The van der Waals surface area contributed by atoms with Crippen molar-refractivity contribution < 1.29 is 18.9 Å². The average Bonchev–Trinajstić information content (AvgIpc) is 3.49. The van der Waals surface area contributed by atoms with Gasteiger partial charge in [0.25, 0.3) is 0 Å². The molecule has 10 nitrogen and oxygen atoms in total. The Balaban J connectivity index is 1.26. The number of rotatable bonds is 6. The molecule has 6 rings (SSSR count). The van der Waals surface area contributed by atoms with Crippen molar-refractivity contribution in [1.82, 2.24) is 29.3 Å². The summed E-state index contributed by atoms with van der Waals surface area (Å²) < 4.78 is 27.0. The van der Waals surface area contributed by atoms with Crippen molar-refractivity contribution in [3.05, 3.63) is 72.1 Å². The van der Waals surface area contributed by atoms with Gasteiger partial charge in [-0.25, -0.2) is 15.0 Å². The maximum absolute atomic E-state index is 6.27. The minimum atomic E-state index is -0.301. The second-order valence-corrected chi connectivity index (χ2v) is 8.92. The summed E-state index contributed by atoms with van der Waals surface area (Å²) in [6.07, 6.45) is 7.09. The van der Waals surface area contributed by atoms with Crippen LogP contribution in [-0.4, -0.2) is 50.1 Å². The van der Waals surface area contributed by atoms with Crippen LogP contribution in [-0.2, 0) is 13.6 Å². The lowest BCUT2D eigenvalue weighted by atomic mass is 10.1. The molecule has 0 aliphatic carbocycles. The quantitative estimate of drug-likeness (QED) is 0.345. The third-order valence-corrected chi connectivity index (χ3v) is 6.42. The smallest absolute Gasteiger partial charge is 0.212 e. The maximum Gasteiger partial charge on any atom is 0.212 e. The number of imidazole rings is 1. The number of hydrogen-bond acceptors (Lipinski definition) is 8. The van der Waals surface area contributed by atoms with Gasteiger partial charge in [0, 0.05) is 48.4 Å². The highest BCUT2D eigenvalue weighted by molar-refractivity contribution is 5.78. The van der Waals surface area contributed by atoms with Crippen molar-refractivity contribution in [3.8, 4) is 34.3 Å². The molecule has 0 saturated carbocycles. The number of hydrogen-bond donors (Lipinski definition) is 0. The second kappa shape index (κ2) is 9.12. The maximum atomic E-state index is 6.27. The van der Waals surface area contributed by atoms with Crippen LogP contribution in [0.3, 0.4) is 0 Å². The Bertz CT molecular complexity index is 1570. The normalized spacial score (nSPS) is 14.6. The largest absolute Gasteiger partial charge is 0.493 e. The molecular weight excluding hydrogens is 472 g/mol. The summed E-state index contributed by atoms with van der Waals surface area (Å²) in [5.41, 5.74) is 6.49. The van der Waals surface area contributed by atoms with Crippen molar-refractivity contribution in [2.24, 2.45) is 7.05 Å². The lowest BCUT2D eigenvalue weighted by Gasteiger charge is -2.28. The monoisotopic (exact) mass is 498 g/mol. The molecule has 0 radical (unpaired) electrons. The van der Waals surface area contributed by atoms with Gasteiger partial charge in [-0.2, -0.15) is 5.10 Å². The molecule has 0 amide bonds. The van der Waals surface area contributed by atoms with E-state index in [0.717, 1.165) is 39.1 Å². The lowest BCUT2D eigenvalue weighted by Crippen LogP contribution is -2.22. The van der Waals surface area contributed by atoms with Crippen LogP contribution in [0.5, 0.6) is 23.1 Å². The third-order valence-electron chi connectivity index (χ3n) is 6.42. The molecule has 4 aromatic heterocycles. The van der Waals surface area contributed by atoms with Crippen LogP contribution < -0.4 is 18.9 Å². The number of methoxy groups -OCH3 is 2. The Kier molecular flexibility index (Phi) is 5.63. The summed E-state index contributed by atoms with van der Waals surface area (Å²) in [4.78, 5) is 13.6. The summed E-state index contributed by atoms with van der Waals surface area (Å²) >= 11 is 0.